The highest BCUT2D eigenvalue weighted by molar-refractivity contribution is 5.79. The van der Waals surface area contributed by atoms with Crippen LogP contribution >= 0.6 is 0 Å². The second-order valence-electron chi connectivity index (χ2n) is 6.93. The Morgan fingerprint density at radius 3 is 2.54 bits per heavy atom. The van der Waals surface area contributed by atoms with E-state index in [4.69, 9.17) is 4.74 Å². The first-order valence-corrected chi connectivity index (χ1v) is 8.73. The van der Waals surface area contributed by atoms with E-state index in [2.05, 4.69) is 72.4 Å². The first kappa shape index (κ1) is 18.7. The molecule has 0 amide bonds. The zero-order chi connectivity index (χ0) is 17.5. The third-order valence-electron chi connectivity index (χ3n) is 4.67. The fourth-order valence-corrected chi connectivity index (χ4v) is 3.16. The molecule has 1 aliphatic heterocycles. The standard InChI is InChI=1S/C19H32N4O/c1-15-6-8-17(9-7-15)18(22(3)4)12-21-19(20-2)23(5)13-16-10-11-24-14-16/h6-9,16,18H,10-14H2,1-5H3,(H,20,21). The number of rotatable bonds is 6. The van der Waals surface area contributed by atoms with E-state index in [1.807, 2.05) is 7.05 Å². The molecule has 1 fully saturated rings. The molecule has 0 radical (unpaired) electrons. The number of hydrogen-bond donors (Lipinski definition) is 1. The lowest BCUT2D eigenvalue weighted by Gasteiger charge is -2.29. The first-order chi connectivity index (χ1) is 11.5. The summed E-state index contributed by atoms with van der Waals surface area (Å²) >= 11 is 0. The van der Waals surface area contributed by atoms with Crippen molar-refractivity contribution in [1.82, 2.24) is 15.1 Å². The molecule has 5 heteroatoms. The molecule has 0 saturated carbocycles. The van der Waals surface area contributed by atoms with Crippen molar-refractivity contribution in [3.05, 3.63) is 35.4 Å². The Bertz CT molecular complexity index is 521. The average Bonchev–Trinajstić information content (AvgIpc) is 3.05. The zero-order valence-electron chi connectivity index (χ0n) is 15.7. The van der Waals surface area contributed by atoms with E-state index in [1.165, 1.54) is 11.1 Å². The van der Waals surface area contributed by atoms with Gasteiger partial charge in [0, 0.05) is 39.7 Å². The molecular formula is C19H32N4O. The van der Waals surface area contributed by atoms with Crippen LogP contribution in [0, 0.1) is 12.8 Å². The second kappa shape index (κ2) is 9.04. The molecule has 0 spiro atoms. The summed E-state index contributed by atoms with van der Waals surface area (Å²) in [5, 5.41) is 3.53. The van der Waals surface area contributed by atoms with Crippen LogP contribution in [0.5, 0.6) is 0 Å². The van der Waals surface area contributed by atoms with E-state index < -0.39 is 0 Å². The topological polar surface area (TPSA) is 40.1 Å². The van der Waals surface area contributed by atoms with Gasteiger partial charge in [-0.1, -0.05) is 29.8 Å². The summed E-state index contributed by atoms with van der Waals surface area (Å²) in [6.07, 6.45) is 1.14. The minimum absolute atomic E-state index is 0.311. The lowest BCUT2D eigenvalue weighted by atomic mass is 10.0. The maximum Gasteiger partial charge on any atom is 0.193 e. The van der Waals surface area contributed by atoms with Crippen LogP contribution < -0.4 is 5.32 Å². The maximum absolute atomic E-state index is 5.47. The normalized spacial score (nSPS) is 19.6. The van der Waals surface area contributed by atoms with Crippen LogP contribution in [0.2, 0.25) is 0 Å². The highest BCUT2D eigenvalue weighted by atomic mass is 16.5. The van der Waals surface area contributed by atoms with Crippen molar-refractivity contribution < 1.29 is 4.74 Å². The van der Waals surface area contributed by atoms with Crippen molar-refractivity contribution in [3.63, 3.8) is 0 Å². The van der Waals surface area contributed by atoms with Crippen molar-refractivity contribution in [3.8, 4) is 0 Å². The fraction of sp³-hybridized carbons (Fsp3) is 0.632. The van der Waals surface area contributed by atoms with Gasteiger partial charge in [0.25, 0.3) is 0 Å². The van der Waals surface area contributed by atoms with E-state index in [1.54, 1.807) is 0 Å². The third kappa shape index (κ3) is 5.21. The van der Waals surface area contributed by atoms with Crippen LogP contribution in [-0.2, 0) is 4.74 Å². The molecule has 0 aliphatic carbocycles. The Morgan fingerprint density at radius 1 is 1.29 bits per heavy atom. The maximum atomic E-state index is 5.47. The molecule has 1 N–H and O–H groups in total. The number of aliphatic imine (C=N–C) groups is 1. The van der Waals surface area contributed by atoms with Gasteiger partial charge >= 0.3 is 0 Å². The monoisotopic (exact) mass is 332 g/mol. The van der Waals surface area contributed by atoms with E-state index in [9.17, 15) is 0 Å². The van der Waals surface area contributed by atoms with Gasteiger partial charge in [-0.2, -0.15) is 0 Å². The number of hydrogen-bond acceptors (Lipinski definition) is 3. The molecule has 2 atom stereocenters. The Kier molecular flexibility index (Phi) is 7.06. The number of ether oxygens (including phenoxy) is 1. The molecule has 24 heavy (non-hydrogen) atoms. The molecular weight excluding hydrogens is 300 g/mol. The number of guanidine groups is 1. The molecule has 134 valence electrons. The lowest BCUT2D eigenvalue weighted by Crippen LogP contribution is -2.44. The van der Waals surface area contributed by atoms with Gasteiger partial charge in [0.1, 0.15) is 0 Å². The molecule has 1 aliphatic rings. The third-order valence-corrected chi connectivity index (χ3v) is 4.67. The van der Waals surface area contributed by atoms with Crippen molar-refractivity contribution in [2.45, 2.75) is 19.4 Å². The highest BCUT2D eigenvalue weighted by Crippen LogP contribution is 2.18. The minimum Gasteiger partial charge on any atom is -0.381 e. The number of nitrogens with one attached hydrogen (secondary N) is 1. The van der Waals surface area contributed by atoms with E-state index in [0.717, 1.165) is 38.7 Å². The molecule has 2 unspecified atom stereocenters. The van der Waals surface area contributed by atoms with Gasteiger partial charge in [0.05, 0.1) is 12.6 Å². The van der Waals surface area contributed by atoms with Crippen molar-refractivity contribution >= 4 is 5.96 Å². The van der Waals surface area contributed by atoms with E-state index in [0.29, 0.717) is 12.0 Å². The summed E-state index contributed by atoms with van der Waals surface area (Å²) in [4.78, 5) is 8.90. The summed E-state index contributed by atoms with van der Waals surface area (Å²) < 4.78 is 5.47. The minimum atomic E-state index is 0.311. The number of likely N-dealkylation sites (N-methyl/N-ethyl adjacent to an activating group) is 1. The summed E-state index contributed by atoms with van der Waals surface area (Å²) in [5.74, 6) is 1.55. The Hall–Kier alpha value is -1.59. The van der Waals surface area contributed by atoms with Crippen LogP contribution in [-0.4, -0.2) is 70.3 Å². The molecule has 1 saturated heterocycles. The lowest BCUT2D eigenvalue weighted by molar-refractivity contribution is 0.181. The molecule has 0 bridgehead atoms. The molecule has 1 heterocycles. The van der Waals surface area contributed by atoms with Crippen LogP contribution in [0.4, 0.5) is 0 Å². The Balaban J connectivity index is 1.94. The molecule has 2 rings (SSSR count). The number of benzene rings is 1. The van der Waals surface area contributed by atoms with Crippen LogP contribution in [0.1, 0.15) is 23.6 Å². The fourth-order valence-electron chi connectivity index (χ4n) is 3.16. The van der Waals surface area contributed by atoms with Crippen LogP contribution in [0.3, 0.4) is 0 Å². The summed E-state index contributed by atoms with van der Waals surface area (Å²) in [6.45, 7) is 5.69. The van der Waals surface area contributed by atoms with Gasteiger partial charge < -0.3 is 19.9 Å². The van der Waals surface area contributed by atoms with Gasteiger partial charge in [-0.25, -0.2) is 0 Å². The predicted octanol–water partition coefficient (Wildman–Crippen LogP) is 2.14. The van der Waals surface area contributed by atoms with Crippen LogP contribution in [0.25, 0.3) is 0 Å². The van der Waals surface area contributed by atoms with Crippen molar-refractivity contribution in [1.29, 1.82) is 0 Å². The predicted molar refractivity (Wildman–Crippen MR) is 101 cm³/mol. The molecule has 1 aromatic carbocycles. The van der Waals surface area contributed by atoms with Crippen molar-refractivity contribution in [2.75, 3.05) is 54.5 Å². The van der Waals surface area contributed by atoms with E-state index in [-0.39, 0.29) is 0 Å². The van der Waals surface area contributed by atoms with Gasteiger partial charge in [-0.3, -0.25) is 4.99 Å². The molecule has 0 aromatic heterocycles. The van der Waals surface area contributed by atoms with Gasteiger partial charge in [0.2, 0.25) is 0 Å². The number of nitrogens with zero attached hydrogens (tertiary/aromatic N) is 3. The molecule has 5 nitrogen and oxygen atoms in total. The highest BCUT2D eigenvalue weighted by Gasteiger charge is 2.20. The Labute approximate surface area is 146 Å². The SMILES string of the molecule is CN=C(NCC(c1ccc(C)cc1)N(C)C)N(C)CC1CCOC1. The second-order valence-corrected chi connectivity index (χ2v) is 6.93. The first-order valence-electron chi connectivity index (χ1n) is 8.73. The van der Waals surface area contributed by atoms with Gasteiger partial charge in [-0.05, 0) is 33.0 Å². The Morgan fingerprint density at radius 2 is 2.00 bits per heavy atom. The summed E-state index contributed by atoms with van der Waals surface area (Å²) in [6, 6.07) is 9.08. The summed E-state index contributed by atoms with van der Waals surface area (Å²) in [5.41, 5.74) is 2.61. The largest absolute Gasteiger partial charge is 0.381 e. The molecule has 1 aromatic rings. The van der Waals surface area contributed by atoms with E-state index >= 15 is 0 Å². The summed E-state index contributed by atoms with van der Waals surface area (Å²) in [7, 11) is 8.19. The number of aryl methyl sites for hydroxylation is 1. The van der Waals surface area contributed by atoms with Crippen molar-refractivity contribution in [2.24, 2.45) is 10.9 Å². The quantitative estimate of drug-likeness (QED) is 0.640. The zero-order valence-corrected chi connectivity index (χ0v) is 15.7. The van der Waals surface area contributed by atoms with Crippen LogP contribution in [0.15, 0.2) is 29.3 Å². The average molecular weight is 332 g/mol. The van der Waals surface area contributed by atoms with Gasteiger partial charge in [0.15, 0.2) is 5.96 Å². The van der Waals surface area contributed by atoms with Gasteiger partial charge in [-0.15, -0.1) is 0 Å². The smallest absolute Gasteiger partial charge is 0.193 e.